The Hall–Kier alpha value is -4.12. The number of aromatic nitrogens is 1. The lowest BCUT2D eigenvalue weighted by Gasteiger charge is -2.28. The molecular weight excluding hydrogens is 452 g/mol. The second kappa shape index (κ2) is 7.98. The minimum atomic E-state index is -1.58. The van der Waals surface area contributed by atoms with Gasteiger partial charge in [-0.05, 0) is 42.8 Å². The molecule has 5 heterocycles. The normalized spacial score (nSPS) is 21.9. The molecule has 35 heavy (non-hydrogen) atoms. The Morgan fingerprint density at radius 1 is 1.17 bits per heavy atom. The van der Waals surface area contributed by atoms with E-state index in [0.717, 1.165) is 30.9 Å². The van der Waals surface area contributed by atoms with Crippen molar-refractivity contribution in [3.8, 4) is 5.75 Å². The number of imide groups is 1. The summed E-state index contributed by atoms with van der Waals surface area (Å²) in [5.41, 5.74) is 0.809. The summed E-state index contributed by atoms with van der Waals surface area (Å²) < 4.78 is 11.3. The lowest BCUT2D eigenvalue weighted by Crippen LogP contribution is -2.52. The number of methoxy groups -OCH3 is 1. The fourth-order valence-electron chi connectivity index (χ4n) is 4.92. The molecule has 3 N–H and O–H groups in total. The molecule has 1 atom stereocenters. The van der Waals surface area contributed by atoms with Crippen molar-refractivity contribution in [2.75, 3.05) is 38.3 Å². The topological polar surface area (TPSA) is 129 Å². The number of carbonyl (C=O) groups is 3. The molecule has 3 aliphatic heterocycles. The molecule has 11 heteroatoms. The van der Waals surface area contributed by atoms with Crippen LogP contribution in [0.25, 0.3) is 11.1 Å². The van der Waals surface area contributed by atoms with Crippen LogP contribution in [0.15, 0.2) is 40.8 Å². The number of ether oxygens (including phenoxy) is 1. The van der Waals surface area contributed by atoms with Crippen molar-refractivity contribution in [2.24, 2.45) is 0 Å². The standard InChI is InChI=1S/C24H24N6O5/c1-34-15-4-3-14-11-30(21(31)16(14)9-15)12-24(22(32)27-23(33)28-24)19-10-17-18(35-19)5-6-20(26-17)29-8-2-7-25-13-29/h3-6,9-10,25H,2,7-8,11-13H2,1H3,(H2,27,28,32,33). The molecule has 6 rings (SSSR count). The van der Waals surface area contributed by atoms with Gasteiger partial charge in [0, 0.05) is 24.7 Å². The highest BCUT2D eigenvalue weighted by molar-refractivity contribution is 6.08. The fraction of sp³-hybridized carbons (Fsp3) is 0.333. The number of furan rings is 1. The van der Waals surface area contributed by atoms with E-state index in [1.807, 2.05) is 12.1 Å². The van der Waals surface area contributed by atoms with Gasteiger partial charge >= 0.3 is 6.03 Å². The minimum absolute atomic E-state index is 0.0941. The van der Waals surface area contributed by atoms with Crippen molar-refractivity contribution >= 4 is 34.8 Å². The molecule has 2 saturated heterocycles. The summed E-state index contributed by atoms with van der Waals surface area (Å²) in [4.78, 5) is 46.9. The van der Waals surface area contributed by atoms with E-state index in [2.05, 4.69) is 20.9 Å². The lowest BCUT2D eigenvalue weighted by molar-refractivity contribution is -0.125. The smallest absolute Gasteiger partial charge is 0.322 e. The number of fused-ring (bicyclic) bond motifs is 2. The fourth-order valence-corrected chi connectivity index (χ4v) is 4.92. The van der Waals surface area contributed by atoms with Crippen LogP contribution in [-0.4, -0.2) is 61.1 Å². The largest absolute Gasteiger partial charge is 0.497 e. The van der Waals surface area contributed by atoms with Crippen LogP contribution in [0.4, 0.5) is 10.6 Å². The molecule has 2 aromatic heterocycles. The van der Waals surface area contributed by atoms with E-state index in [-0.39, 0.29) is 18.2 Å². The highest BCUT2D eigenvalue weighted by Crippen LogP contribution is 2.35. The molecular formula is C24H24N6O5. The van der Waals surface area contributed by atoms with Gasteiger partial charge in [-0.1, -0.05) is 6.07 Å². The number of nitrogens with one attached hydrogen (secondary N) is 3. The first kappa shape index (κ1) is 21.4. The third kappa shape index (κ3) is 3.46. The van der Waals surface area contributed by atoms with Crippen LogP contribution in [0.2, 0.25) is 0 Å². The molecule has 0 saturated carbocycles. The van der Waals surface area contributed by atoms with Crippen LogP contribution in [0.3, 0.4) is 0 Å². The van der Waals surface area contributed by atoms with Gasteiger partial charge in [0.05, 0.1) is 20.3 Å². The zero-order valence-corrected chi connectivity index (χ0v) is 19.1. The van der Waals surface area contributed by atoms with Crippen LogP contribution in [-0.2, 0) is 16.9 Å². The number of benzene rings is 1. The monoisotopic (exact) mass is 476 g/mol. The van der Waals surface area contributed by atoms with Crippen molar-refractivity contribution in [2.45, 2.75) is 18.5 Å². The van der Waals surface area contributed by atoms with Crippen LogP contribution in [0.1, 0.15) is 28.1 Å². The van der Waals surface area contributed by atoms with Gasteiger partial charge in [-0.25, -0.2) is 9.78 Å². The first-order chi connectivity index (χ1) is 17.0. The van der Waals surface area contributed by atoms with Crippen LogP contribution in [0, 0.1) is 0 Å². The quantitative estimate of drug-likeness (QED) is 0.470. The zero-order valence-electron chi connectivity index (χ0n) is 19.1. The number of rotatable bonds is 5. The SMILES string of the molecule is COc1ccc2c(c1)C(=O)N(CC1(c3cc4nc(N5CCCNC5)ccc4o3)NC(=O)NC1=O)C2. The molecule has 3 aliphatic rings. The summed E-state index contributed by atoms with van der Waals surface area (Å²) >= 11 is 0. The van der Waals surface area contributed by atoms with Crippen molar-refractivity contribution in [1.29, 1.82) is 0 Å². The van der Waals surface area contributed by atoms with E-state index in [1.165, 1.54) is 12.0 Å². The molecule has 0 radical (unpaired) electrons. The second-order valence-corrected chi connectivity index (χ2v) is 8.94. The highest BCUT2D eigenvalue weighted by atomic mass is 16.5. The van der Waals surface area contributed by atoms with Gasteiger partial charge in [-0.15, -0.1) is 0 Å². The van der Waals surface area contributed by atoms with E-state index in [0.29, 0.717) is 35.6 Å². The second-order valence-electron chi connectivity index (χ2n) is 8.94. The molecule has 2 fully saturated rings. The van der Waals surface area contributed by atoms with Gasteiger partial charge < -0.3 is 24.3 Å². The molecule has 1 aromatic carbocycles. The average Bonchev–Trinajstić information content (AvgIpc) is 3.53. The van der Waals surface area contributed by atoms with E-state index in [9.17, 15) is 14.4 Å². The number of anilines is 1. The first-order valence-corrected chi connectivity index (χ1v) is 11.4. The molecule has 11 nitrogen and oxygen atoms in total. The minimum Gasteiger partial charge on any atom is -0.497 e. The lowest BCUT2D eigenvalue weighted by atomic mass is 9.95. The van der Waals surface area contributed by atoms with Crippen molar-refractivity contribution in [1.82, 2.24) is 25.8 Å². The summed E-state index contributed by atoms with van der Waals surface area (Å²) in [6.07, 6.45) is 1.02. The Kier molecular flexibility index (Phi) is 4.88. The summed E-state index contributed by atoms with van der Waals surface area (Å²) in [6, 6.07) is 9.99. The average molecular weight is 476 g/mol. The number of urea groups is 1. The molecule has 0 bridgehead atoms. The van der Waals surface area contributed by atoms with Gasteiger partial charge in [0.15, 0.2) is 11.1 Å². The summed E-state index contributed by atoms with van der Waals surface area (Å²) in [7, 11) is 1.54. The Morgan fingerprint density at radius 2 is 2.06 bits per heavy atom. The molecule has 0 spiro atoms. The van der Waals surface area contributed by atoms with Gasteiger partial charge in [0.2, 0.25) is 0 Å². The zero-order chi connectivity index (χ0) is 24.2. The van der Waals surface area contributed by atoms with Crippen molar-refractivity contribution < 1.29 is 23.5 Å². The third-order valence-electron chi connectivity index (χ3n) is 6.75. The van der Waals surface area contributed by atoms with E-state index < -0.39 is 17.5 Å². The van der Waals surface area contributed by atoms with Crippen LogP contribution < -0.4 is 25.6 Å². The Balaban J connectivity index is 1.35. The van der Waals surface area contributed by atoms with Crippen molar-refractivity contribution in [3.63, 3.8) is 0 Å². The van der Waals surface area contributed by atoms with Crippen molar-refractivity contribution in [3.05, 3.63) is 53.3 Å². The Morgan fingerprint density at radius 3 is 2.80 bits per heavy atom. The van der Waals surface area contributed by atoms with Crippen LogP contribution in [0.5, 0.6) is 5.75 Å². The first-order valence-electron chi connectivity index (χ1n) is 11.4. The Bertz CT molecular complexity index is 1360. The number of amides is 4. The molecule has 4 amide bonds. The predicted molar refractivity (Wildman–Crippen MR) is 125 cm³/mol. The maximum Gasteiger partial charge on any atom is 0.322 e. The maximum absolute atomic E-state index is 13.2. The number of nitrogens with zero attached hydrogens (tertiary/aromatic N) is 3. The molecule has 0 aliphatic carbocycles. The molecule has 180 valence electrons. The van der Waals surface area contributed by atoms with Crippen LogP contribution >= 0.6 is 0 Å². The van der Waals surface area contributed by atoms with E-state index in [4.69, 9.17) is 14.1 Å². The maximum atomic E-state index is 13.2. The highest BCUT2D eigenvalue weighted by Gasteiger charge is 2.53. The summed E-state index contributed by atoms with van der Waals surface area (Å²) in [5.74, 6) is 0.761. The number of carbonyl (C=O) groups excluding carboxylic acids is 3. The number of hydrogen-bond donors (Lipinski definition) is 3. The van der Waals surface area contributed by atoms with E-state index >= 15 is 0 Å². The third-order valence-corrected chi connectivity index (χ3v) is 6.75. The summed E-state index contributed by atoms with van der Waals surface area (Å²) in [6.45, 7) is 2.77. The van der Waals surface area contributed by atoms with Gasteiger partial charge in [-0.2, -0.15) is 0 Å². The number of pyridine rings is 1. The summed E-state index contributed by atoms with van der Waals surface area (Å²) in [5, 5.41) is 8.33. The van der Waals surface area contributed by atoms with E-state index in [1.54, 1.807) is 24.3 Å². The Labute approximate surface area is 200 Å². The predicted octanol–water partition coefficient (Wildman–Crippen LogP) is 1.28. The van der Waals surface area contributed by atoms with Gasteiger partial charge in [-0.3, -0.25) is 20.2 Å². The number of hydrogen-bond acceptors (Lipinski definition) is 8. The van der Waals surface area contributed by atoms with Gasteiger partial charge in [0.25, 0.3) is 11.8 Å². The molecule has 3 aromatic rings. The van der Waals surface area contributed by atoms with Gasteiger partial charge in [0.1, 0.15) is 22.8 Å². The molecule has 1 unspecified atom stereocenters.